The van der Waals surface area contributed by atoms with E-state index in [0.29, 0.717) is 42.4 Å². The summed E-state index contributed by atoms with van der Waals surface area (Å²) < 4.78 is 15.1. The average molecular weight is 492 g/mol. The number of ether oxygens (including phenoxy) is 2. The molecule has 2 aliphatic rings. The number of amides is 1. The van der Waals surface area contributed by atoms with Crippen molar-refractivity contribution < 1.29 is 19.4 Å². The third-order valence-electron chi connectivity index (χ3n) is 7.32. The van der Waals surface area contributed by atoms with Crippen LogP contribution in [0.4, 0.5) is 5.82 Å². The number of aliphatic hydroxyl groups excluding tert-OH is 1. The van der Waals surface area contributed by atoms with E-state index < -0.39 is 6.10 Å². The molecule has 188 valence electrons. The fourth-order valence-corrected chi connectivity index (χ4v) is 5.12. The molecule has 5 heterocycles. The lowest BCUT2D eigenvalue weighted by atomic mass is 9.89. The summed E-state index contributed by atoms with van der Waals surface area (Å²) in [6.45, 7) is 1.19. The van der Waals surface area contributed by atoms with E-state index in [-0.39, 0.29) is 24.1 Å². The Morgan fingerprint density at radius 3 is 2.92 bits per heavy atom. The van der Waals surface area contributed by atoms with E-state index in [1.807, 2.05) is 18.2 Å². The molecule has 1 aliphatic heterocycles. The fraction of sp³-hybridized carbons (Fsp3) is 0.440. The minimum atomic E-state index is -0.507. The molecule has 0 spiro atoms. The van der Waals surface area contributed by atoms with Crippen molar-refractivity contribution in [2.75, 3.05) is 32.7 Å². The lowest BCUT2D eigenvalue weighted by molar-refractivity contribution is -0.0592. The molecule has 1 aliphatic carbocycles. The first-order chi connectivity index (χ1) is 17.6. The Morgan fingerprint density at radius 1 is 1.28 bits per heavy atom. The van der Waals surface area contributed by atoms with Crippen LogP contribution < -0.4 is 10.6 Å². The van der Waals surface area contributed by atoms with Crippen LogP contribution in [-0.2, 0) is 9.47 Å². The molecule has 36 heavy (non-hydrogen) atoms. The SMILES string of the molecule is CNc1cc(-c2cn([C@H]3CCOC[C@@H]3OC)c3ncccc23)nc2c(C(=O)NC3CC[C@H]3O)cnn12. The van der Waals surface area contributed by atoms with Gasteiger partial charge in [-0.15, -0.1) is 0 Å². The zero-order valence-electron chi connectivity index (χ0n) is 20.2. The zero-order chi connectivity index (χ0) is 24.8. The predicted octanol–water partition coefficient (Wildman–Crippen LogP) is 2.02. The normalized spacial score (nSPS) is 24.1. The van der Waals surface area contributed by atoms with Gasteiger partial charge in [-0.3, -0.25) is 4.79 Å². The van der Waals surface area contributed by atoms with Gasteiger partial charge in [-0.05, 0) is 31.4 Å². The van der Waals surface area contributed by atoms with E-state index in [4.69, 9.17) is 14.5 Å². The smallest absolute Gasteiger partial charge is 0.257 e. The van der Waals surface area contributed by atoms with E-state index in [1.54, 1.807) is 24.9 Å². The third kappa shape index (κ3) is 3.71. The lowest BCUT2D eigenvalue weighted by Gasteiger charge is -2.32. The van der Waals surface area contributed by atoms with Crippen molar-refractivity contribution in [3.8, 4) is 11.3 Å². The predicted molar refractivity (Wildman–Crippen MR) is 133 cm³/mol. The van der Waals surface area contributed by atoms with Crippen LogP contribution in [0, 0.1) is 0 Å². The molecule has 0 bridgehead atoms. The number of nitrogens with one attached hydrogen (secondary N) is 2. The molecule has 1 saturated heterocycles. The Balaban J connectivity index is 1.47. The number of aromatic nitrogens is 5. The first-order valence-electron chi connectivity index (χ1n) is 12.2. The van der Waals surface area contributed by atoms with Crippen molar-refractivity contribution in [1.29, 1.82) is 0 Å². The highest BCUT2D eigenvalue weighted by Crippen LogP contribution is 2.35. The highest BCUT2D eigenvalue weighted by molar-refractivity contribution is 6.01. The van der Waals surface area contributed by atoms with Gasteiger partial charge in [0.2, 0.25) is 0 Å². The van der Waals surface area contributed by atoms with Crippen molar-refractivity contribution >= 4 is 28.4 Å². The van der Waals surface area contributed by atoms with Crippen LogP contribution in [0.2, 0.25) is 0 Å². The Morgan fingerprint density at radius 2 is 2.17 bits per heavy atom. The molecule has 11 nitrogen and oxygen atoms in total. The number of methoxy groups -OCH3 is 1. The topological polar surface area (TPSA) is 128 Å². The quantitative estimate of drug-likeness (QED) is 0.374. The van der Waals surface area contributed by atoms with Crippen molar-refractivity contribution in [2.45, 2.75) is 43.6 Å². The molecular formula is C25H29N7O4. The van der Waals surface area contributed by atoms with Gasteiger partial charge in [0.1, 0.15) is 23.1 Å². The van der Waals surface area contributed by atoms with E-state index in [1.165, 1.54) is 6.20 Å². The van der Waals surface area contributed by atoms with E-state index in [9.17, 15) is 9.90 Å². The molecular weight excluding hydrogens is 462 g/mol. The number of carbonyl (C=O) groups is 1. The molecule has 0 aromatic carbocycles. The third-order valence-corrected chi connectivity index (χ3v) is 7.32. The summed E-state index contributed by atoms with van der Waals surface area (Å²) in [7, 11) is 3.51. The van der Waals surface area contributed by atoms with Crippen LogP contribution >= 0.6 is 0 Å². The molecule has 6 rings (SSSR count). The standard InChI is InChI=1S/C25H29N7O4/c1-26-22-10-18(29-24-15(11-28-32(22)24)25(34)30-17-5-6-20(17)33)16-12-31(23-14(16)4-3-8-27-23)19-7-9-36-13-21(19)35-2/h3-4,8,10-12,17,19-21,26,33H,5-7,9,13H2,1-2H3,(H,30,34)/t17?,19-,20+,21-/m0/s1. The van der Waals surface area contributed by atoms with Gasteiger partial charge >= 0.3 is 0 Å². The summed E-state index contributed by atoms with van der Waals surface area (Å²) in [5.74, 6) is 0.401. The maximum Gasteiger partial charge on any atom is 0.257 e. The number of carbonyl (C=O) groups excluding carboxylic acids is 1. The molecule has 0 radical (unpaired) electrons. The number of hydrogen-bond donors (Lipinski definition) is 3. The second kappa shape index (κ2) is 9.16. The molecule has 1 saturated carbocycles. The van der Waals surface area contributed by atoms with Crippen molar-refractivity contribution in [2.24, 2.45) is 0 Å². The van der Waals surface area contributed by atoms with Crippen LogP contribution in [0.1, 0.15) is 35.7 Å². The van der Waals surface area contributed by atoms with Gasteiger partial charge in [0, 0.05) is 50.2 Å². The second-order valence-electron chi connectivity index (χ2n) is 9.32. The molecule has 1 amide bonds. The van der Waals surface area contributed by atoms with Crippen molar-refractivity contribution in [1.82, 2.24) is 29.5 Å². The van der Waals surface area contributed by atoms with Gasteiger partial charge in [-0.25, -0.2) is 9.97 Å². The molecule has 1 unspecified atom stereocenters. The van der Waals surface area contributed by atoms with Crippen LogP contribution in [0.5, 0.6) is 0 Å². The highest BCUT2D eigenvalue weighted by atomic mass is 16.5. The monoisotopic (exact) mass is 491 g/mol. The van der Waals surface area contributed by atoms with Crippen molar-refractivity contribution in [3.63, 3.8) is 0 Å². The summed E-state index contributed by atoms with van der Waals surface area (Å²) in [4.78, 5) is 22.6. The number of fused-ring (bicyclic) bond motifs is 2. The molecule has 4 atom stereocenters. The molecule has 4 aromatic rings. The number of hydrogen-bond acceptors (Lipinski definition) is 8. The van der Waals surface area contributed by atoms with E-state index in [2.05, 4.69) is 31.5 Å². The Bertz CT molecular complexity index is 1430. The van der Waals surface area contributed by atoms with Gasteiger partial charge in [0.25, 0.3) is 5.91 Å². The maximum absolute atomic E-state index is 13.0. The van der Waals surface area contributed by atoms with Gasteiger partial charge in [0.05, 0.1) is 36.7 Å². The van der Waals surface area contributed by atoms with Crippen LogP contribution in [0.25, 0.3) is 27.9 Å². The Kier molecular flexibility index (Phi) is 5.82. The first-order valence-corrected chi connectivity index (χ1v) is 12.2. The average Bonchev–Trinajstić information content (AvgIpc) is 3.52. The van der Waals surface area contributed by atoms with Crippen LogP contribution in [-0.4, -0.2) is 80.8 Å². The van der Waals surface area contributed by atoms with Gasteiger partial charge < -0.3 is 29.8 Å². The lowest BCUT2D eigenvalue weighted by Crippen LogP contribution is -2.50. The minimum Gasteiger partial charge on any atom is -0.391 e. The van der Waals surface area contributed by atoms with E-state index >= 15 is 0 Å². The number of pyridine rings is 1. The van der Waals surface area contributed by atoms with Gasteiger partial charge in [-0.1, -0.05) is 0 Å². The van der Waals surface area contributed by atoms with Gasteiger partial charge in [0.15, 0.2) is 5.65 Å². The zero-order valence-corrected chi connectivity index (χ0v) is 20.2. The van der Waals surface area contributed by atoms with Crippen molar-refractivity contribution in [3.05, 3.63) is 42.4 Å². The Labute approximate surface area is 207 Å². The number of nitrogens with zero attached hydrogens (tertiary/aromatic N) is 5. The van der Waals surface area contributed by atoms with Crippen LogP contribution in [0.15, 0.2) is 36.8 Å². The summed E-state index contributed by atoms with van der Waals surface area (Å²) in [6, 6.07) is 5.70. The largest absolute Gasteiger partial charge is 0.391 e. The fourth-order valence-electron chi connectivity index (χ4n) is 5.12. The molecule has 11 heteroatoms. The van der Waals surface area contributed by atoms with E-state index in [0.717, 1.165) is 29.4 Å². The number of aliphatic hydroxyl groups is 1. The Hall–Kier alpha value is -3.54. The highest BCUT2D eigenvalue weighted by Gasteiger charge is 2.32. The summed E-state index contributed by atoms with van der Waals surface area (Å²) in [5.41, 5.74) is 3.25. The second-order valence-corrected chi connectivity index (χ2v) is 9.32. The molecule has 2 fully saturated rings. The summed E-state index contributed by atoms with van der Waals surface area (Å²) in [5, 5.41) is 21.3. The summed E-state index contributed by atoms with van der Waals surface area (Å²) in [6.07, 6.45) is 7.04. The van der Waals surface area contributed by atoms with Crippen LogP contribution in [0.3, 0.4) is 0 Å². The number of rotatable bonds is 6. The maximum atomic E-state index is 13.0. The molecule has 4 aromatic heterocycles. The minimum absolute atomic E-state index is 0.0765. The molecule has 3 N–H and O–H groups in total. The summed E-state index contributed by atoms with van der Waals surface area (Å²) >= 11 is 0. The van der Waals surface area contributed by atoms with Gasteiger partial charge in [-0.2, -0.15) is 9.61 Å². The first kappa shape index (κ1) is 22.9. The number of anilines is 1.